The number of fused-ring (bicyclic) bond motifs is 3. The summed E-state index contributed by atoms with van der Waals surface area (Å²) in [7, 11) is 0. The first-order chi connectivity index (χ1) is 29.2. The Morgan fingerprint density at radius 3 is 1.39 bits per heavy atom. The lowest BCUT2D eigenvalue weighted by Crippen LogP contribution is -2.55. The molecule has 1 nitrogen and oxygen atoms in total. The van der Waals surface area contributed by atoms with Crippen LogP contribution in [-0.4, -0.2) is 0 Å². The van der Waals surface area contributed by atoms with Gasteiger partial charge in [-0.1, -0.05) is 164 Å². The van der Waals surface area contributed by atoms with E-state index in [1.807, 2.05) is 0 Å². The van der Waals surface area contributed by atoms with Crippen LogP contribution in [0.2, 0.25) is 0 Å². The van der Waals surface area contributed by atoms with Crippen LogP contribution in [0.3, 0.4) is 0 Å². The molecule has 0 aromatic heterocycles. The van der Waals surface area contributed by atoms with Gasteiger partial charge in [0.15, 0.2) is 0 Å². The highest BCUT2D eigenvalue weighted by Crippen LogP contribution is 2.69. The summed E-state index contributed by atoms with van der Waals surface area (Å²) in [6.45, 7) is 0. The molecule has 59 heavy (non-hydrogen) atoms. The lowest BCUT2D eigenvalue weighted by Gasteiger charge is -2.61. The Morgan fingerprint density at radius 2 is 0.780 bits per heavy atom. The SMILES string of the molecule is c1ccc(-c2ccc(-c3ccc(N(c4ccc5c(c4)-c4ccccc4C54C5CC6CC(C5)CC4C6)c4ccc(-c5ccccc5)cc4-c4ccccc4)cc3)cc2)cc1. The molecule has 0 unspecified atom stereocenters. The summed E-state index contributed by atoms with van der Waals surface area (Å²) in [5, 5.41) is 0. The molecule has 5 aliphatic rings. The molecule has 4 fully saturated rings. The van der Waals surface area contributed by atoms with Crippen molar-refractivity contribution in [2.24, 2.45) is 23.7 Å². The van der Waals surface area contributed by atoms with Crippen LogP contribution in [0.25, 0.3) is 55.6 Å². The van der Waals surface area contributed by atoms with E-state index in [1.54, 1.807) is 11.1 Å². The van der Waals surface area contributed by atoms with Crippen LogP contribution >= 0.6 is 0 Å². The van der Waals surface area contributed by atoms with E-state index < -0.39 is 0 Å². The van der Waals surface area contributed by atoms with Gasteiger partial charge in [0.2, 0.25) is 0 Å². The van der Waals surface area contributed by atoms with E-state index in [1.165, 1.54) is 99.1 Å². The van der Waals surface area contributed by atoms with Crippen molar-refractivity contribution in [3.63, 3.8) is 0 Å². The Labute approximate surface area is 348 Å². The minimum atomic E-state index is 0.146. The summed E-state index contributed by atoms with van der Waals surface area (Å²) < 4.78 is 0. The Hall–Kier alpha value is -6.44. The molecule has 4 saturated carbocycles. The largest absolute Gasteiger partial charge is 0.310 e. The molecule has 8 aromatic carbocycles. The fraction of sp³-hybridized carbons (Fsp3) is 0.172. The third-order valence-corrected chi connectivity index (χ3v) is 14.7. The van der Waals surface area contributed by atoms with Crippen LogP contribution in [0.5, 0.6) is 0 Å². The predicted octanol–water partition coefficient (Wildman–Crippen LogP) is 15.5. The van der Waals surface area contributed by atoms with Gasteiger partial charge in [-0.05, 0) is 153 Å². The van der Waals surface area contributed by atoms with Gasteiger partial charge in [0, 0.05) is 22.4 Å². The number of hydrogen-bond donors (Lipinski definition) is 0. The maximum Gasteiger partial charge on any atom is 0.0540 e. The molecule has 0 amide bonds. The van der Waals surface area contributed by atoms with Crippen molar-refractivity contribution in [3.8, 4) is 55.6 Å². The monoisotopic (exact) mass is 757 g/mol. The number of anilines is 3. The molecule has 8 aromatic rings. The fourth-order valence-corrected chi connectivity index (χ4v) is 12.4. The first kappa shape index (κ1) is 34.6. The maximum absolute atomic E-state index is 2.56. The molecule has 0 atom stereocenters. The van der Waals surface area contributed by atoms with Crippen LogP contribution in [0, 0.1) is 23.7 Å². The van der Waals surface area contributed by atoms with Gasteiger partial charge >= 0.3 is 0 Å². The van der Waals surface area contributed by atoms with Gasteiger partial charge in [-0.3, -0.25) is 0 Å². The minimum absolute atomic E-state index is 0.146. The Kier molecular flexibility index (Phi) is 8.12. The number of hydrogen-bond acceptors (Lipinski definition) is 1. The van der Waals surface area contributed by atoms with Gasteiger partial charge in [-0.2, -0.15) is 0 Å². The highest BCUT2D eigenvalue weighted by molar-refractivity contribution is 5.93. The molecule has 284 valence electrons. The van der Waals surface area contributed by atoms with Crippen molar-refractivity contribution in [1.29, 1.82) is 0 Å². The topological polar surface area (TPSA) is 3.24 Å². The molecular weight excluding hydrogens is 711 g/mol. The summed E-state index contributed by atoms with van der Waals surface area (Å²) in [5.41, 5.74) is 19.5. The third kappa shape index (κ3) is 5.59. The molecule has 1 heteroatoms. The van der Waals surface area contributed by atoms with E-state index in [-0.39, 0.29) is 5.41 Å². The van der Waals surface area contributed by atoms with Crippen molar-refractivity contribution >= 4 is 17.1 Å². The average molecular weight is 758 g/mol. The summed E-state index contributed by atoms with van der Waals surface area (Å²) in [6.07, 6.45) is 7.04. The zero-order valence-corrected chi connectivity index (χ0v) is 33.3. The first-order valence-electron chi connectivity index (χ1n) is 21.8. The van der Waals surface area contributed by atoms with Crippen LogP contribution in [-0.2, 0) is 5.41 Å². The molecular formula is C58H47N. The zero-order valence-electron chi connectivity index (χ0n) is 33.3. The van der Waals surface area contributed by atoms with Crippen LogP contribution < -0.4 is 4.90 Å². The second kappa shape index (κ2) is 13.8. The van der Waals surface area contributed by atoms with E-state index in [0.29, 0.717) is 0 Å². The van der Waals surface area contributed by atoms with Crippen LogP contribution in [0.15, 0.2) is 200 Å². The highest BCUT2D eigenvalue weighted by atomic mass is 15.1. The molecule has 0 aliphatic heterocycles. The van der Waals surface area contributed by atoms with E-state index in [2.05, 4.69) is 205 Å². The van der Waals surface area contributed by atoms with Crippen molar-refractivity contribution < 1.29 is 0 Å². The van der Waals surface area contributed by atoms with Gasteiger partial charge < -0.3 is 4.90 Å². The van der Waals surface area contributed by atoms with Gasteiger partial charge in [0.1, 0.15) is 0 Å². The van der Waals surface area contributed by atoms with Crippen molar-refractivity contribution in [2.75, 3.05) is 4.90 Å². The summed E-state index contributed by atoms with van der Waals surface area (Å²) in [6, 6.07) is 74.7. The Morgan fingerprint density at radius 1 is 0.322 bits per heavy atom. The van der Waals surface area contributed by atoms with Crippen molar-refractivity contribution in [2.45, 2.75) is 37.5 Å². The zero-order chi connectivity index (χ0) is 38.9. The van der Waals surface area contributed by atoms with Crippen LogP contribution in [0.4, 0.5) is 17.1 Å². The van der Waals surface area contributed by atoms with Gasteiger partial charge in [-0.25, -0.2) is 0 Å². The van der Waals surface area contributed by atoms with Gasteiger partial charge in [0.05, 0.1) is 5.69 Å². The normalized spacial score (nSPS) is 22.0. The lowest BCUT2D eigenvalue weighted by atomic mass is 9.43. The summed E-state index contributed by atoms with van der Waals surface area (Å²) in [4.78, 5) is 2.52. The quantitative estimate of drug-likeness (QED) is 0.156. The third-order valence-electron chi connectivity index (χ3n) is 14.7. The van der Waals surface area contributed by atoms with E-state index in [9.17, 15) is 0 Å². The molecule has 4 bridgehead atoms. The van der Waals surface area contributed by atoms with Gasteiger partial charge in [-0.15, -0.1) is 0 Å². The number of benzene rings is 8. The second-order valence-corrected chi connectivity index (χ2v) is 17.7. The van der Waals surface area contributed by atoms with Crippen molar-refractivity contribution in [1.82, 2.24) is 0 Å². The summed E-state index contributed by atoms with van der Waals surface area (Å²) >= 11 is 0. The second-order valence-electron chi connectivity index (χ2n) is 17.7. The average Bonchev–Trinajstić information content (AvgIpc) is 3.59. The van der Waals surface area contributed by atoms with Gasteiger partial charge in [0.25, 0.3) is 0 Å². The molecule has 0 radical (unpaired) electrons. The molecule has 1 spiro atoms. The Bertz CT molecular complexity index is 2770. The smallest absolute Gasteiger partial charge is 0.0540 e. The highest BCUT2D eigenvalue weighted by Gasteiger charge is 2.61. The van der Waals surface area contributed by atoms with Crippen molar-refractivity contribution in [3.05, 3.63) is 211 Å². The molecule has 0 N–H and O–H groups in total. The standard InChI is InChI=1S/C58H47N/c1-4-12-41(13-5-1)43-20-22-44(23-21-43)45-24-27-50(28-25-45)59(57-31-26-47(42-14-6-2-7-15-42)37-53(57)46-16-8-3-9-17-46)51-29-30-56-54(38-51)52-18-10-11-19-55(52)58(56)48-33-39-32-40(35-48)36-49(58)34-39/h1-31,37-40,48-49H,32-36H2. The minimum Gasteiger partial charge on any atom is -0.310 e. The first-order valence-corrected chi connectivity index (χ1v) is 21.8. The molecule has 0 saturated heterocycles. The van der Waals surface area contributed by atoms with E-state index >= 15 is 0 Å². The lowest BCUT2D eigenvalue weighted by molar-refractivity contribution is -0.0399. The van der Waals surface area contributed by atoms with Crippen LogP contribution in [0.1, 0.15) is 43.2 Å². The maximum atomic E-state index is 2.56. The molecule has 13 rings (SSSR count). The number of nitrogens with zero attached hydrogens (tertiary/aromatic N) is 1. The fourth-order valence-electron chi connectivity index (χ4n) is 12.4. The summed E-state index contributed by atoms with van der Waals surface area (Å²) in [5.74, 6) is 3.34. The van der Waals surface area contributed by atoms with E-state index in [0.717, 1.165) is 29.4 Å². The predicted molar refractivity (Wildman–Crippen MR) is 246 cm³/mol. The molecule has 0 heterocycles. The molecule has 5 aliphatic carbocycles. The Balaban J connectivity index is 1.02. The number of rotatable bonds is 7. The van der Waals surface area contributed by atoms with E-state index in [4.69, 9.17) is 0 Å².